The summed E-state index contributed by atoms with van der Waals surface area (Å²) >= 11 is 0. The van der Waals surface area contributed by atoms with Crippen LogP contribution in [0.2, 0.25) is 0 Å². The molecular weight excluding hydrogens is 320 g/mol. The van der Waals surface area contributed by atoms with Gasteiger partial charge in [-0.25, -0.2) is 0 Å². The fraction of sp³-hybridized carbons (Fsp3) is 0.500. The van der Waals surface area contributed by atoms with E-state index < -0.39 is 0 Å². The molecule has 2 aliphatic heterocycles. The number of anilines is 2. The van der Waals surface area contributed by atoms with Gasteiger partial charge in [-0.1, -0.05) is 12.1 Å². The van der Waals surface area contributed by atoms with Gasteiger partial charge in [0.1, 0.15) is 6.54 Å². The topological polar surface area (TPSA) is 81.8 Å². The van der Waals surface area contributed by atoms with Crippen LogP contribution >= 0.6 is 0 Å². The molecule has 7 nitrogen and oxygen atoms in total. The van der Waals surface area contributed by atoms with Gasteiger partial charge in [-0.2, -0.15) is 0 Å². The van der Waals surface area contributed by atoms with Gasteiger partial charge >= 0.3 is 0 Å². The summed E-state index contributed by atoms with van der Waals surface area (Å²) in [6, 6.07) is 7.43. The second-order valence-electron chi connectivity index (χ2n) is 6.49. The minimum absolute atomic E-state index is 0.00384. The van der Waals surface area contributed by atoms with Crippen molar-refractivity contribution in [3.8, 4) is 0 Å². The lowest BCUT2D eigenvalue weighted by Gasteiger charge is -2.29. The molecule has 0 aromatic heterocycles. The van der Waals surface area contributed by atoms with Crippen molar-refractivity contribution in [3.63, 3.8) is 0 Å². The first-order chi connectivity index (χ1) is 12.1. The van der Waals surface area contributed by atoms with Crippen LogP contribution in [0, 0.1) is 0 Å². The average Bonchev–Trinajstić information content (AvgIpc) is 3.07. The second kappa shape index (κ2) is 7.65. The number of nitrogens with zero attached hydrogens (tertiary/aromatic N) is 2. The van der Waals surface area contributed by atoms with Crippen LogP contribution in [-0.2, 0) is 14.4 Å². The molecule has 1 aromatic carbocycles. The first kappa shape index (κ1) is 17.4. The summed E-state index contributed by atoms with van der Waals surface area (Å²) in [5, 5.41) is 5.87. The molecule has 0 bridgehead atoms. The van der Waals surface area contributed by atoms with Crippen LogP contribution in [0.25, 0.3) is 0 Å². The lowest BCUT2D eigenvalue weighted by Crippen LogP contribution is -2.43. The van der Waals surface area contributed by atoms with E-state index in [0.717, 1.165) is 25.9 Å². The molecule has 0 spiro atoms. The number of likely N-dealkylation sites (N-methyl/N-ethyl adjacent to an activating group) is 1. The summed E-state index contributed by atoms with van der Waals surface area (Å²) in [5.41, 5.74) is 1.32. The zero-order chi connectivity index (χ0) is 17.8. The lowest BCUT2D eigenvalue weighted by molar-refractivity contribution is -0.133. The van der Waals surface area contributed by atoms with Gasteiger partial charge in [0.25, 0.3) is 0 Å². The maximum atomic E-state index is 12.6. The van der Waals surface area contributed by atoms with Crippen molar-refractivity contribution in [2.75, 3.05) is 36.9 Å². The molecule has 0 radical (unpaired) electrons. The molecule has 3 rings (SSSR count). The van der Waals surface area contributed by atoms with E-state index in [1.165, 1.54) is 4.90 Å². The smallest absolute Gasteiger partial charge is 0.244 e. The highest BCUT2D eigenvalue weighted by molar-refractivity contribution is 6.10. The summed E-state index contributed by atoms with van der Waals surface area (Å²) in [6.07, 6.45) is 2.30. The highest BCUT2D eigenvalue weighted by Gasteiger charge is 2.30. The van der Waals surface area contributed by atoms with E-state index in [1.807, 2.05) is 24.1 Å². The average molecular weight is 344 g/mol. The zero-order valence-corrected chi connectivity index (χ0v) is 14.5. The first-order valence-electron chi connectivity index (χ1n) is 8.73. The number of likely N-dealkylation sites (tertiary alicyclic amines) is 1. The molecule has 0 saturated carbocycles. The lowest BCUT2D eigenvalue weighted by atomic mass is 10.1. The summed E-state index contributed by atoms with van der Waals surface area (Å²) in [4.78, 5) is 40.2. The van der Waals surface area contributed by atoms with Gasteiger partial charge in [0, 0.05) is 32.0 Å². The third-order valence-corrected chi connectivity index (χ3v) is 4.76. The molecule has 1 unspecified atom stereocenters. The van der Waals surface area contributed by atoms with E-state index in [4.69, 9.17) is 0 Å². The molecular formula is C18H24N4O3. The van der Waals surface area contributed by atoms with Gasteiger partial charge in [-0.3, -0.25) is 14.4 Å². The Balaban J connectivity index is 1.61. The highest BCUT2D eigenvalue weighted by Crippen LogP contribution is 2.29. The Morgan fingerprint density at radius 1 is 1.24 bits per heavy atom. The van der Waals surface area contributed by atoms with Crippen LogP contribution in [0.3, 0.4) is 0 Å². The molecule has 7 heteroatoms. The monoisotopic (exact) mass is 344 g/mol. The molecule has 25 heavy (non-hydrogen) atoms. The number of fused-ring (bicyclic) bond motifs is 1. The minimum Gasteiger partial charge on any atom is -0.338 e. The van der Waals surface area contributed by atoms with Crippen molar-refractivity contribution in [1.29, 1.82) is 0 Å². The number of carbonyl (C=O) groups is 3. The van der Waals surface area contributed by atoms with Crippen molar-refractivity contribution in [1.82, 2.24) is 10.2 Å². The number of rotatable bonds is 5. The first-order valence-corrected chi connectivity index (χ1v) is 8.73. The van der Waals surface area contributed by atoms with Crippen LogP contribution in [0.1, 0.15) is 25.7 Å². The summed E-state index contributed by atoms with van der Waals surface area (Å²) in [6.45, 7) is 1.53. The maximum Gasteiger partial charge on any atom is 0.244 e. The van der Waals surface area contributed by atoms with Crippen LogP contribution < -0.4 is 15.5 Å². The van der Waals surface area contributed by atoms with Crippen molar-refractivity contribution in [2.45, 2.75) is 31.7 Å². The third kappa shape index (κ3) is 3.82. The number of amides is 3. The summed E-state index contributed by atoms with van der Waals surface area (Å²) < 4.78 is 0. The van der Waals surface area contributed by atoms with Gasteiger partial charge in [-0.05, 0) is 32.0 Å². The Kier molecular flexibility index (Phi) is 5.33. The Morgan fingerprint density at radius 3 is 2.80 bits per heavy atom. The number of hydrogen-bond acceptors (Lipinski definition) is 4. The Hall–Kier alpha value is -2.41. The number of benzene rings is 1. The quantitative estimate of drug-likeness (QED) is 0.834. The van der Waals surface area contributed by atoms with E-state index in [9.17, 15) is 14.4 Å². The molecule has 3 amide bonds. The normalized spacial score (nSPS) is 19.6. The van der Waals surface area contributed by atoms with Gasteiger partial charge in [0.15, 0.2) is 0 Å². The largest absolute Gasteiger partial charge is 0.338 e. The molecule has 0 aliphatic carbocycles. The maximum absolute atomic E-state index is 12.6. The second-order valence-corrected chi connectivity index (χ2v) is 6.49. The van der Waals surface area contributed by atoms with Gasteiger partial charge in [-0.15, -0.1) is 0 Å². The molecule has 1 fully saturated rings. The standard InChI is InChI=1S/C18H24N4O3/c1-19-11-13-5-4-10-21(13)17(24)8-9-18(25)22-12-16(23)20-14-6-2-3-7-15(14)22/h2-3,6-7,13,19H,4-5,8-12H2,1H3,(H,20,23). The van der Waals surface area contributed by atoms with E-state index in [0.29, 0.717) is 11.4 Å². The van der Waals surface area contributed by atoms with Crippen molar-refractivity contribution >= 4 is 29.1 Å². The Labute approximate surface area is 147 Å². The predicted molar refractivity (Wildman–Crippen MR) is 95.3 cm³/mol. The number of hydrogen-bond donors (Lipinski definition) is 2. The zero-order valence-electron chi connectivity index (χ0n) is 14.5. The molecule has 1 saturated heterocycles. The minimum atomic E-state index is -0.216. The molecule has 2 aliphatic rings. The Morgan fingerprint density at radius 2 is 2.00 bits per heavy atom. The van der Waals surface area contributed by atoms with Crippen LogP contribution in [0.15, 0.2) is 24.3 Å². The summed E-state index contributed by atoms with van der Waals surface area (Å²) in [7, 11) is 1.88. The van der Waals surface area contributed by atoms with Crippen LogP contribution in [-0.4, -0.2) is 55.3 Å². The fourth-order valence-electron chi connectivity index (χ4n) is 3.56. The Bertz CT molecular complexity index is 676. The van der Waals surface area contributed by atoms with E-state index in [1.54, 1.807) is 12.1 Å². The number of carbonyl (C=O) groups excluding carboxylic acids is 3. The SMILES string of the molecule is CNCC1CCCN1C(=O)CCC(=O)N1CC(=O)Nc2ccccc21. The van der Waals surface area contributed by atoms with Crippen molar-refractivity contribution in [2.24, 2.45) is 0 Å². The fourth-order valence-corrected chi connectivity index (χ4v) is 3.56. The van der Waals surface area contributed by atoms with Gasteiger partial charge in [0.2, 0.25) is 17.7 Å². The van der Waals surface area contributed by atoms with E-state index >= 15 is 0 Å². The molecule has 1 aromatic rings. The van der Waals surface area contributed by atoms with Gasteiger partial charge < -0.3 is 20.4 Å². The number of nitrogens with one attached hydrogen (secondary N) is 2. The van der Waals surface area contributed by atoms with E-state index in [2.05, 4.69) is 10.6 Å². The highest BCUT2D eigenvalue weighted by atomic mass is 16.2. The molecule has 1 atom stereocenters. The molecule has 134 valence electrons. The third-order valence-electron chi connectivity index (χ3n) is 4.76. The van der Waals surface area contributed by atoms with Crippen molar-refractivity contribution in [3.05, 3.63) is 24.3 Å². The van der Waals surface area contributed by atoms with Crippen LogP contribution in [0.5, 0.6) is 0 Å². The van der Waals surface area contributed by atoms with Crippen LogP contribution in [0.4, 0.5) is 11.4 Å². The predicted octanol–water partition coefficient (Wildman–Crippen LogP) is 0.962. The molecule has 2 heterocycles. The van der Waals surface area contributed by atoms with Gasteiger partial charge in [0.05, 0.1) is 11.4 Å². The molecule has 2 N–H and O–H groups in total. The van der Waals surface area contributed by atoms with Crippen molar-refractivity contribution < 1.29 is 14.4 Å². The number of para-hydroxylation sites is 2. The van der Waals surface area contributed by atoms with E-state index in [-0.39, 0.29) is 43.1 Å². The summed E-state index contributed by atoms with van der Waals surface area (Å²) in [5.74, 6) is -0.395.